The Balaban J connectivity index is 1.93. The monoisotopic (exact) mass is 318 g/mol. The van der Waals surface area contributed by atoms with Crippen LogP contribution in [0.25, 0.3) is 0 Å². The van der Waals surface area contributed by atoms with Crippen LogP contribution >= 0.6 is 0 Å². The van der Waals surface area contributed by atoms with Crippen molar-refractivity contribution in [3.8, 4) is 11.5 Å². The molecule has 1 unspecified atom stereocenters. The second kappa shape index (κ2) is 5.91. The Morgan fingerprint density at radius 2 is 2.09 bits per heavy atom. The molecule has 122 valence electrons. The number of rotatable bonds is 4. The first-order valence-corrected chi connectivity index (χ1v) is 7.54. The van der Waals surface area contributed by atoms with Gasteiger partial charge in [0.25, 0.3) is 5.91 Å². The van der Waals surface area contributed by atoms with Crippen LogP contribution in [-0.2, 0) is 16.1 Å². The highest BCUT2D eigenvalue weighted by Crippen LogP contribution is 2.39. The largest absolute Gasteiger partial charge is 0.492 e. The van der Waals surface area contributed by atoms with Crippen LogP contribution in [0, 0.1) is 0 Å². The lowest BCUT2D eigenvalue weighted by Gasteiger charge is -2.29. The third-order valence-electron chi connectivity index (χ3n) is 4.11. The molecule has 0 saturated carbocycles. The zero-order valence-electron chi connectivity index (χ0n) is 13.0. The second-order valence-corrected chi connectivity index (χ2v) is 5.46. The average Bonchev–Trinajstić information content (AvgIpc) is 2.85. The molecule has 0 radical (unpaired) electrons. The Bertz CT molecular complexity index is 685. The Morgan fingerprint density at radius 3 is 2.74 bits per heavy atom. The molecule has 1 N–H and O–H groups in total. The lowest BCUT2D eigenvalue weighted by molar-refractivity contribution is -0.136. The number of methoxy groups -OCH3 is 1. The number of carbonyl (C=O) groups excluding carboxylic acids is 3. The van der Waals surface area contributed by atoms with Crippen LogP contribution in [0.15, 0.2) is 12.1 Å². The molecular weight excluding hydrogens is 300 g/mol. The maximum Gasteiger partial charge on any atom is 0.259 e. The number of imide groups is 1. The zero-order chi connectivity index (χ0) is 16.6. The number of hydrogen-bond donors (Lipinski definition) is 1. The van der Waals surface area contributed by atoms with Gasteiger partial charge in [-0.2, -0.15) is 0 Å². The topological polar surface area (TPSA) is 84.9 Å². The number of ether oxygens (including phenoxy) is 2. The lowest BCUT2D eigenvalue weighted by Crippen LogP contribution is -2.52. The van der Waals surface area contributed by atoms with E-state index in [1.165, 1.54) is 12.0 Å². The van der Waals surface area contributed by atoms with Crippen molar-refractivity contribution >= 4 is 17.7 Å². The van der Waals surface area contributed by atoms with Crippen molar-refractivity contribution in [1.29, 1.82) is 0 Å². The second-order valence-electron chi connectivity index (χ2n) is 5.46. The van der Waals surface area contributed by atoms with E-state index in [2.05, 4.69) is 5.32 Å². The van der Waals surface area contributed by atoms with E-state index in [9.17, 15) is 14.4 Å². The van der Waals surface area contributed by atoms with Crippen LogP contribution in [0.1, 0.15) is 35.7 Å². The van der Waals surface area contributed by atoms with Crippen molar-refractivity contribution in [2.45, 2.75) is 32.4 Å². The molecule has 1 aromatic rings. The van der Waals surface area contributed by atoms with Crippen LogP contribution < -0.4 is 14.8 Å². The molecule has 1 atom stereocenters. The molecule has 1 aromatic carbocycles. The van der Waals surface area contributed by atoms with Crippen LogP contribution in [0.2, 0.25) is 0 Å². The van der Waals surface area contributed by atoms with E-state index in [0.717, 1.165) is 5.56 Å². The van der Waals surface area contributed by atoms with Gasteiger partial charge in [0.2, 0.25) is 11.8 Å². The molecule has 7 heteroatoms. The smallest absolute Gasteiger partial charge is 0.259 e. The predicted octanol–water partition coefficient (Wildman–Crippen LogP) is 0.855. The molecule has 0 aromatic heterocycles. The van der Waals surface area contributed by atoms with Gasteiger partial charge in [0.15, 0.2) is 11.5 Å². The van der Waals surface area contributed by atoms with Gasteiger partial charge in [-0.1, -0.05) is 6.07 Å². The summed E-state index contributed by atoms with van der Waals surface area (Å²) in [5.74, 6) is -0.0951. The van der Waals surface area contributed by atoms with Crippen LogP contribution in [0.5, 0.6) is 11.5 Å². The maximum atomic E-state index is 12.8. The zero-order valence-corrected chi connectivity index (χ0v) is 13.0. The van der Waals surface area contributed by atoms with E-state index in [0.29, 0.717) is 36.6 Å². The van der Waals surface area contributed by atoms with Gasteiger partial charge in [0, 0.05) is 13.0 Å². The van der Waals surface area contributed by atoms with Crippen molar-refractivity contribution in [1.82, 2.24) is 10.2 Å². The van der Waals surface area contributed by atoms with E-state index in [-0.39, 0.29) is 18.2 Å². The quantitative estimate of drug-likeness (QED) is 0.832. The van der Waals surface area contributed by atoms with Crippen molar-refractivity contribution < 1.29 is 23.9 Å². The van der Waals surface area contributed by atoms with Gasteiger partial charge < -0.3 is 14.4 Å². The fourth-order valence-corrected chi connectivity index (χ4v) is 3.07. The molecule has 7 nitrogen and oxygen atoms in total. The minimum atomic E-state index is -0.632. The molecule has 3 rings (SSSR count). The summed E-state index contributed by atoms with van der Waals surface area (Å²) in [4.78, 5) is 37.6. The van der Waals surface area contributed by atoms with Crippen molar-refractivity contribution in [3.63, 3.8) is 0 Å². The third-order valence-corrected chi connectivity index (χ3v) is 4.11. The first-order valence-electron chi connectivity index (χ1n) is 7.54. The molecule has 2 aliphatic rings. The maximum absolute atomic E-state index is 12.8. The molecular formula is C16H18N2O5. The molecule has 1 fully saturated rings. The van der Waals surface area contributed by atoms with Crippen molar-refractivity contribution in [2.75, 3.05) is 13.7 Å². The average molecular weight is 318 g/mol. The van der Waals surface area contributed by atoms with Crippen molar-refractivity contribution in [2.24, 2.45) is 0 Å². The molecule has 1 saturated heterocycles. The molecule has 3 amide bonds. The van der Waals surface area contributed by atoms with E-state index in [1.807, 2.05) is 13.0 Å². The number of nitrogens with zero attached hydrogens (tertiary/aromatic N) is 1. The number of nitrogens with one attached hydrogen (secondary N) is 1. The summed E-state index contributed by atoms with van der Waals surface area (Å²) in [5, 5.41) is 2.29. The minimum Gasteiger partial charge on any atom is -0.492 e. The highest BCUT2D eigenvalue weighted by Gasteiger charge is 2.41. The molecule has 0 aliphatic carbocycles. The summed E-state index contributed by atoms with van der Waals surface area (Å²) in [6.45, 7) is 2.63. The first-order chi connectivity index (χ1) is 11.1. The summed E-state index contributed by atoms with van der Waals surface area (Å²) in [6, 6.07) is 2.95. The molecule has 0 spiro atoms. The fourth-order valence-electron chi connectivity index (χ4n) is 3.07. The van der Waals surface area contributed by atoms with E-state index in [4.69, 9.17) is 9.47 Å². The summed E-state index contributed by atoms with van der Waals surface area (Å²) in [7, 11) is 1.49. The normalized spacial score (nSPS) is 20.3. The summed E-state index contributed by atoms with van der Waals surface area (Å²) >= 11 is 0. The third kappa shape index (κ3) is 2.52. The van der Waals surface area contributed by atoms with Gasteiger partial charge >= 0.3 is 0 Å². The van der Waals surface area contributed by atoms with Gasteiger partial charge in [-0.05, 0) is 25.0 Å². The molecule has 2 heterocycles. The molecule has 0 bridgehead atoms. The number of piperidine rings is 1. The highest BCUT2D eigenvalue weighted by atomic mass is 16.5. The van der Waals surface area contributed by atoms with E-state index in [1.54, 1.807) is 6.07 Å². The molecule has 23 heavy (non-hydrogen) atoms. The minimum absolute atomic E-state index is 0.234. The van der Waals surface area contributed by atoms with Gasteiger partial charge in [-0.3, -0.25) is 19.7 Å². The Kier molecular flexibility index (Phi) is 3.94. The van der Waals surface area contributed by atoms with Gasteiger partial charge in [-0.25, -0.2) is 0 Å². The number of carbonyl (C=O) groups is 3. The predicted molar refractivity (Wildman–Crippen MR) is 80.2 cm³/mol. The Hall–Kier alpha value is -2.57. The number of benzene rings is 1. The van der Waals surface area contributed by atoms with Crippen LogP contribution in [0.3, 0.4) is 0 Å². The lowest BCUT2D eigenvalue weighted by atomic mass is 10.0. The molecule has 2 aliphatic heterocycles. The van der Waals surface area contributed by atoms with Gasteiger partial charge in [0.1, 0.15) is 6.04 Å². The number of fused-ring (bicyclic) bond motifs is 1. The van der Waals surface area contributed by atoms with E-state index >= 15 is 0 Å². The van der Waals surface area contributed by atoms with Gasteiger partial charge in [-0.15, -0.1) is 0 Å². The Labute approximate surface area is 133 Å². The SMILES string of the molecule is CCOc1ccc2c(c1OC)C(=O)N(C1CCC(=O)NC1=O)C2. The highest BCUT2D eigenvalue weighted by molar-refractivity contribution is 6.06. The standard InChI is InChI=1S/C16H18N2O5/c1-3-23-11-6-4-9-8-18(16(21)13(9)14(11)22-2)10-5-7-12(19)17-15(10)20/h4,6,10H,3,5,7-8H2,1-2H3,(H,17,19,20). The summed E-state index contributed by atoms with van der Waals surface area (Å²) < 4.78 is 10.9. The Morgan fingerprint density at radius 1 is 1.30 bits per heavy atom. The van der Waals surface area contributed by atoms with Crippen LogP contribution in [-0.4, -0.2) is 42.4 Å². The number of hydrogen-bond acceptors (Lipinski definition) is 5. The summed E-state index contributed by atoms with van der Waals surface area (Å²) in [6.07, 6.45) is 0.572. The fraction of sp³-hybridized carbons (Fsp3) is 0.438. The van der Waals surface area contributed by atoms with Gasteiger partial charge in [0.05, 0.1) is 19.3 Å². The van der Waals surface area contributed by atoms with Crippen LogP contribution in [0.4, 0.5) is 0 Å². The first kappa shape index (κ1) is 15.3. The van der Waals surface area contributed by atoms with E-state index < -0.39 is 11.9 Å². The van der Waals surface area contributed by atoms with Crippen molar-refractivity contribution in [3.05, 3.63) is 23.3 Å². The number of amides is 3. The summed E-state index contributed by atoms with van der Waals surface area (Å²) in [5.41, 5.74) is 1.23.